The van der Waals surface area contributed by atoms with Crippen LogP contribution in [0.15, 0.2) is 84.9 Å². The molecule has 1 aliphatic heterocycles. The molecule has 7 atom stereocenters. The maximum atomic E-state index is 15.2. The monoisotopic (exact) mass is 658 g/mol. The molecule has 46 heavy (non-hydrogen) atoms. The Labute approximate surface area is 267 Å². The highest BCUT2D eigenvalue weighted by atomic mass is 31.2. The third-order valence-corrected chi connectivity index (χ3v) is 9.36. The maximum absolute atomic E-state index is 15.2. The molecule has 4 N–H and O–H groups in total. The number of methoxy groups -OCH3 is 1. The molecule has 3 aromatic carbocycles. The summed E-state index contributed by atoms with van der Waals surface area (Å²) in [6.07, 6.45) is -6.47. The Bertz CT molecular complexity index is 1460. The summed E-state index contributed by atoms with van der Waals surface area (Å²) in [5.41, 5.74) is 1.37. The molecule has 0 aliphatic carbocycles. The summed E-state index contributed by atoms with van der Waals surface area (Å²) in [6, 6.07) is 21.2. The van der Waals surface area contributed by atoms with Crippen LogP contribution in [0.2, 0.25) is 0 Å². The summed E-state index contributed by atoms with van der Waals surface area (Å²) in [7, 11) is -3.29. The molecule has 2 unspecified atom stereocenters. The van der Waals surface area contributed by atoms with Crippen LogP contribution in [0.4, 0.5) is 0 Å². The van der Waals surface area contributed by atoms with E-state index in [2.05, 4.69) is 5.32 Å². The van der Waals surface area contributed by atoms with Crippen molar-refractivity contribution < 1.29 is 52.7 Å². The zero-order valence-corrected chi connectivity index (χ0v) is 26.6. The fourth-order valence-corrected chi connectivity index (χ4v) is 6.91. The number of aliphatic hydroxyl groups is 3. The number of carbonyl (C=O) groups excluding carboxylic acids is 2. The van der Waals surface area contributed by atoms with Crippen molar-refractivity contribution in [3.63, 3.8) is 0 Å². The SMILES string of the molecule is COc1ccc(OP(=O)(O[C@H]2[C@H](O)[C@@H](CO)O[C@H](O)[C@@H]2NC(C)=O)N(Cc2ccccc2)C(C)C(=O)OCc2ccccc2)cc1. The lowest BCUT2D eigenvalue weighted by Crippen LogP contribution is -2.64. The lowest BCUT2D eigenvalue weighted by molar-refractivity contribution is -0.250. The number of nitrogens with zero attached hydrogens (tertiary/aromatic N) is 1. The van der Waals surface area contributed by atoms with E-state index in [0.29, 0.717) is 11.3 Å². The number of nitrogens with one attached hydrogen (secondary N) is 1. The quantitative estimate of drug-likeness (QED) is 0.148. The van der Waals surface area contributed by atoms with Gasteiger partial charge >= 0.3 is 13.7 Å². The maximum Gasteiger partial charge on any atom is 0.462 e. The number of esters is 1. The summed E-state index contributed by atoms with van der Waals surface area (Å²) < 4.78 is 44.7. The average Bonchev–Trinajstić information content (AvgIpc) is 3.06. The van der Waals surface area contributed by atoms with E-state index in [9.17, 15) is 24.9 Å². The average molecular weight is 659 g/mol. The molecule has 248 valence electrons. The first-order valence-electron chi connectivity index (χ1n) is 14.6. The molecule has 1 aliphatic rings. The molecule has 13 nitrogen and oxygen atoms in total. The topological polar surface area (TPSA) is 173 Å². The molecule has 0 spiro atoms. The van der Waals surface area contributed by atoms with Gasteiger partial charge in [0.1, 0.15) is 48.5 Å². The molecular weight excluding hydrogens is 619 g/mol. The van der Waals surface area contributed by atoms with Gasteiger partial charge in [0.05, 0.1) is 13.7 Å². The second-order valence-electron chi connectivity index (χ2n) is 10.6. The molecule has 1 heterocycles. The highest BCUT2D eigenvalue weighted by Crippen LogP contribution is 2.56. The Kier molecular flexibility index (Phi) is 12.3. The molecule has 0 saturated carbocycles. The van der Waals surface area contributed by atoms with Crippen molar-refractivity contribution in [3.05, 3.63) is 96.1 Å². The van der Waals surface area contributed by atoms with Gasteiger partial charge in [0.25, 0.3) is 0 Å². The van der Waals surface area contributed by atoms with E-state index in [1.165, 1.54) is 37.8 Å². The zero-order chi connectivity index (χ0) is 33.3. The first kappa shape index (κ1) is 35.1. The van der Waals surface area contributed by atoms with Gasteiger partial charge in [-0.05, 0) is 42.3 Å². The van der Waals surface area contributed by atoms with Crippen LogP contribution in [0, 0.1) is 0 Å². The fraction of sp³-hybridized carbons (Fsp3) is 0.375. The van der Waals surface area contributed by atoms with Crippen molar-refractivity contribution in [2.24, 2.45) is 0 Å². The lowest BCUT2D eigenvalue weighted by atomic mass is 9.97. The van der Waals surface area contributed by atoms with Crippen LogP contribution in [-0.2, 0) is 41.3 Å². The summed E-state index contributed by atoms with van der Waals surface area (Å²) >= 11 is 0. The second kappa shape index (κ2) is 16.1. The first-order valence-corrected chi connectivity index (χ1v) is 16.1. The molecule has 0 aromatic heterocycles. The third kappa shape index (κ3) is 8.92. The summed E-state index contributed by atoms with van der Waals surface area (Å²) in [5, 5.41) is 34.2. The van der Waals surface area contributed by atoms with Crippen molar-refractivity contribution in [3.8, 4) is 11.5 Å². The van der Waals surface area contributed by atoms with E-state index >= 15 is 4.57 Å². The van der Waals surface area contributed by atoms with Gasteiger partial charge in [0.15, 0.2) is 6.29 Å². The Hall–Kier alpha value is -3.81. The first-order chi connectivity index (χ1) is 22.0. The number of benzene rings is 3. The van der Waals surface area contributed by atoms with Crippen molar-refractivity contribution >= 4 is 19.6 Å². The molecule has 14 heteroatoms. The minimum absolute atomic E-state index is 0.0542. The predicted molar refractivity (Wildman–Crippen MR) is 165 cm³/mol. The van der Waals surface area contributed by atoms with Crippen LogP contribution in [0.1, 0.15) is 25.0 Å². The number of aliphatic hydroxyl groups excluding tert-OH is 3. The van der Waals surface area contributed by atoms with Crippen LogP contribution in [0.3, 0.4) is 0 Å². The number of hydrogen-bond acceptors (Lipinski definition) is 11. The lowest BCUT2D eigenvalue weighted by Gasteiger charge is -2.44. The van der Waals surface area contributed by atoms with Gasteiger partial charge in [-0.15, -0.1) is 0 Å². The van der Waals surface area contributed by atoms with Crippen molar-refractivity contribution in [2.45, 2.75) is 63.7 Å². The number of carbonyl (C=O) groups is 2. The van der Waals surface area contributed by atoms with Gasteiger partial charge in [0.2, 0.25) is 5.91 Å². The molecular formula is C32H39N2O11P. The predicted octanol–water partition coefficient (Wildman–Crippen LogP) is 2.78. The normalized spacial score (nSPS) is 23.2. The van der Waals surface area contributed by atoms with Crippen molar-refractivity contribution in [1.29, 1.82) is 0 Å². The largest absolute Gasteiger partial charge is 0.497 e. The minimum atomic E-state index is -4.76. The molecule has 1 saturated heterocycles. The van der Waals surface area contributed by atoms with Gasteiger partial charge in [-0.25, -0.2) is 4.57 Å². The smallest absolute Gasteiger partial charge is 0.462 e. The van der Waals surface area contributed by atoms with Gasteiger partial charge in [0, 0.05) is 13.5 Å². The third-order valence-electron chi connectivity index (χ3n) is 7.29. The Balaban J connectivity index is 1.77. The van der Waals surface area contributed by atoms with E-state index in [-0.39, 0.29) is 18.9 Å². The van der Waals surface area contributed by atoms with E-state index in [0.717, 1.165) is 5.56 Å². The Morgan fingerprint density at radius 3 is 2.11 bits per heavy atom. The van der Waals surface area contributed by atoms with Gasteiger partial charge < -0.3 is 39.4 Å². The number of hydrogen-bond donors (Lipinski definition) is 4. The molecule has 0 bridgehead atoms. The van der Waals surface area contributed by atoms with E-state index in [4.69, 9.17) is 23.3 Å². The number of rotatable bonds is 14. The fourth-order valence-electron chi connectivity index (χ4n) is 4.83. The summed E-state index contributed by atoms with van der Waals surface area (Å²) in [5.74, 6) is -0.813. The highest BCUT2D eigenvalue weighted by molar-refractivity contribution is 7.51. The Morgan fingerprint density at radius 1 is 0.957 bits per heavy atom. The van der Waals surface area contributed by atoms with Crippen LogP contribution in [-0.4, -0.2) is 82.3 Å². The summed E-state index contributed by atoms with van der Waals surface area (Å²) in [6.45, 7) is 1.72. The van der Waals surface area contributed by atoms with Gasteiger partial charge in [-0.2, -0.15) is 4.67 Å². The second-order valence-corrected chi connectivity index (χ2v) is 12.5. The minimum Gasteiger partial charge on any atom is -0.497 e. The molecule has 1 fully saturated rings. The van der Waals surface area contributed by atoms with Crippen LogP contribution in [0.5, 0.6) is 11.5 Å². The standard InChI is InChI=1S/C32H39N2O11P/c1-21(31(38)42-20-24-12-8-5-9-13-24)34(18-23-10-6-4-7-11-23)46(40,44-26-16-14-25(41-3)15-17-26)45-30-28(33-22(2)36)32(39)43-27(19-35)29(30)37/h4-17,21,27-30,32,35,37,39H,18-20H2,1-3H3,(H,33,36)/t21?,27-,28-,29-,30-,32+,46?/m1/s1. The molecule has 4 rings (SSSR count). The summed E-state index contributed by atoms with van der Waals surface area (Å²) in [4.78, 5) is 25.6. The molecule has 0 radical (unpaired) electrons. The number of amides is 1. The van der Waals surface area contributed by atoms with Crippen molar-refractivity contribution in [1.82, 2.24) is 9.99 Å². The Morgan fingerprint density at radius 2 is 1.54 bits per heavy atom. The zero-order valence-electron chi connectivity index (χ0n) is 25.7. The van der Waals surface area contributed by atoms with Crippen molar-refractivity contribution in [2.75, 3.05) is 13.7 Å². The van der Waals surface area contributed by atoms with Gasteiger partial charge in [-0.1, -0.05) is 60.7 Å². The van der Waals surface area contributed by atoms with Crippen LogP contribution < -0.4 is 14.6 Å². The van der Waals surface area contributed by atoms with E-state index in [1.807, 2.05) is 6.07 Å². The molecule has 1 amide bonds. The highest BCUT2D eigenvalue weighted by Gasteiger charge is 2.52. The van der Waals surface area contributed by atoms with Crippen LogP contribution in [0.25, 0.3) is 0 Å². The van der Waals surface area contributed by atoms with Gasteiger partial charge in [-0.3, -0.25) is 14.1 Å². The van der Waals surface area contributed by atoms with Crippen LogP contribution >= 0.6 is 7.75 Å². The number of ether oxygens (including phenoxy) is 3. The van der Waals surface area contributed by atoms with E-state index < -0.39 is 62.9 Å². The molecule has 3 aromatic rings. The van der Waals surface area contributed by atoms with E-state index in [1.54, 1.807) is 66.7 Å².